The first-order valence-electron chi connectivity index (χ1n) is 7.74. The lowest BCUT2D eigenvalue weighted by atomic mass is 9.96. The van der Waals surface area contributed by atoms with Gasteiger partial charge < -0.3 is 15.1 Å². The normalized spacial score (nSPS) is 16.3. The van der Waals surface area contributed by atoms with Crippen LogP contribution in [0.4, 0.5) is 5.69 Å². The average molecular weight is 290 g/mol. The van der Waals surface area contributed by atoms with Crippen molar-refractivity contribution in [3.63, 3.8) is 0 Å². The van der Waals surface area contributed by atoms with Gasteiger partial charge in [0, 0.05) is 26.2 Å². The molecule has 21 heavy (non-hydrogen) atoms. The molecule has 2 heterocycles. The summed E-state index contributed by atoms with van der Waals surface area (Å²) in [7, 11) is 4.21. The lowest BCUT2D eigenvalue weighted by molar-refractivity contribution is 0.0672. The molecule has 0 spiro atoms. The van der Waals surface area contributed by atoms with Crippen LogP contribution in [-0.2, 0) is 0 Å². The predicted molar refractivity (Wildman–Crippen MR) is 85.6 cm³/mol. The second-order valence-electron chi connectivity index (χ2n) is 5.96. The number of rotatable bonds is 5. The standard InChI is InChI=1S/C16H26N4O/c1-4-17-14-5-6-15(18-11-14)16(21)20-9-7-13(8-10-20)12-19(2)3/h5-6,11,13,17H,4,7-10,12H2,1-3H3. The number of nitrogens with zero attached hydrogens (tertiary/aromatic N) is 3. The van der Waals surface area contributed by atoms with E-state index in [4.69, 9.17) is 0 Å². The van der Waals surface area contributed by atoms with Gasteiger partial charge >= 0.3 is 0 Å². The van der Waals surface area contributed by atoms with Gasteiger partial charge in [0.1, 0.15) is 5.69 Å². The number of carbonyl (C=O) groups is 1. The first-order valence-corrected chi connectivity index (χ1v) is 7.74. The van der Waals surface area contributed by atoms with Crippen LogP contribution in [0.5, 0.6) is 0 Å². The van der Waals surface area contributed by atoms with Gasteiger partial charge in [-0.2, -0.15) is 0 Å². The van der Waals surface area contributed by atoms with E-state index in [-0.39, 0.29) is 5.91 Å². The number of hydrogen-bond donors (Lipinski definition) is 1. The van der Waals surface area contributed by atoms with E-state index in [1.165, 1.54) is 0 Å². The lowest BCUT2D eigenvalue weighted by Gasteiger charge is -2.33. The fraction of sp³-hybridized carbons (Fsp3) is 0.625. The van der Waals surface area contributed by atoms with Crippen LogP contribution in [0, 0.1) is 5.92 Å². The number of carbonyl (C=O) groups excluding carboxylic acids is 1. The van der Waals surface area contributed by atoms with Crippen LogP contribution in [0.3, 0.4) is 0 Å². The van der Waals surface area contributed by atoms with E-state index >= 15 is 0 Å². The Bertz CT molecular complexity index is 450. The minimum Gasteiger partial charge on any atom is -0.384 e. The number of anilines is 1. The molecule has 1 aliphatic rings. The summed E-state index contributed by atoms with van der Waals surface area (Å²) < 4.78 is 0. The molecule has 0 unspecified atom stereocenters. The minimum atomic E-state index is 0.0568. The Hall–Kier alpha value is -1.62. The molecule has 1 N–H and O–H groups in total. The number of aromatic nitrogens is 1. The monoisotopic (exact) mass is 290 g/mol. The summed E-state index contributed by atoms with van der Waals surface area (Å²) in [5.41, 5.74) is 1.50. The first kappa shape index (κ1) is 15.8. The Kier molecular flexibility index (Phi) is 5.56. The summed E-state index contributed by atoms with van der Waals surface area (Å²) >= 11 is 0. The zero-order chi connectivity index (χ0) is 15.2. The maximum atomic E-state index is 12.4. The van der Waals surface area contributed by atoms with Crippen molar-refractivity contribution >= 4 is 11.6 Å². The highest BCUT2D eigenvalue weighted by molar-refractivity contribution is 5.92. The van der Waals surface area contributed by atoms with E-state index in [9.17, 15) is 4.79 Å². The average Bonchev–Trinajstić information content (AvgIpc) is 2.48. The molecule has 5 heteroatoms. The highest BCUT2D eigenvalue weighted by atomic mass is 16.2. The van der Waals surface area contributed by atoms with Crippen molar-refractivity contribution in [3.05, 3.63) is 24.0 Å². The molecular formula is C16H26N4O. The van der Waals surface area contributed by atoms with Crippen LogP contribution in [-0.4, -0.2) is 61.0 Å². The maximum absolute atomic E-state index is 12.4. The van der Waals surface area contributed by atoms with Gasteiger partial charge in [-0.05, 0) is 51.9 Å². The van der Waals surface area contributed by atoms with Gasteiger partial charge in [0.15, 0.2) is 0 Å². The second kappa shape index (κ2) is 7.41. The summed E-state index contributed by atoms with van der Waals surface area (Å²) in [6, 6.07) is 3.73. The van der Waals surface area contributed by atoms with Gasteiger partial charge in [0.2, 0.25) is 0 Å². The van der Waals surface area contributed by atoms with Gasteiger partial charge in [-0.1, -0.05) is 0 Å². The van der Waals surface area contributed by atoms with E-state index < -0.39 is 0 Å². The van der Waals surface area contributed by atoms with Crippen LogP contribution < -0.4 is 5.32 Å². The third-order valence-electron chi connectivity index (χ3n) is 3.89. The molecule has 116 valence electrons. The van der Waals surface area contributed by atoms with Gasteiger partial charge in [-0.15, -0.1) is 0 Å². The van der Waals surface area contributed by atoms with Crippen molar-refractivity contribution in [1.29, 1.82) is 0 Å². The molecular weight excluding hydrogens is 264 g/mol. The molecule has 0 aromatic carbocycles. The van der Waals surface area contributed by atoms with Crippen molar-refractivity contribution < 1.29 is 4.79 Å². The minimum absolute atomic E-state index is 0.0568. The van der Waals surface area contributed by atoms with Crippen molar-refractivity contribution in [2.75, 3.05) is 45.6 Å². The van der Waals surface area contributed by atoms with Crippen LogP contribution in [0.1, 0.15) is 30.3 Å². The Balaban J connectivity index is 1.89. The van der Waals surface area contributed by atoms with Crippen molar-refractivity contribution in [2.45, 2.75) is 19.8 Å². The van der Waals surface area contributed by atoms with Gasteiger partial charge in [-0.3, -0.25) is 4.79 Å². The topological polar surface area (TPSA) is 48.5 Å². The number of amides is 1. The van der Waals surface area contributed by atoms with Crippen molar-refractivity contribution in [2.24, 2.45) is 5.92 Å². The van der Waals surface area contributed by atoms with E-state index in [1.807, 2.05) is 24.0 Å². The summed E-state index contributed by atoms with van der Waals surface area (Å²) in [6.45, 7) is 5.69. The van der Waals surface area contributed by atoms with Crippen LogP contribution >= 0.6 is 0 Å². The number of piperidine rings is 1. The summed E-state index contributed by atoms with van der Waals surface area (Å²) in [4.78, 5) is 20.9. The molecule has 5 nitrogen and oxygen atoms in total. The second-order valence-corrected chi connectivity index (χ2v) is 5.96. The molecule has 1 amide bonds. The molecule has 1 saturated heterocycles. The van der Waals surface area contributed by atoms with Crippen LogP contribution in [0.15, 0.2) is 18.3 Å². The largest absolute Gasteiger partial charge is 0.384 e. The molecule has 1 fully saturated rings. The molecule has 2 rings (SSSR count). The SMILES string of the molecule is CCNc1ccc(C(=O)N2CCC(CN(C)C)CC2)nc1. The molecule has 0 bridgehead atoms. The highest BCUT2D eigenvalue weighted by Crippen LogP contribution is 2.19. The molecule has 0 radical (unpaired) electrons. The molecule has 0 atom stereocenters. The smallest absolute Gasteiger partial charge is 0.272 e. The van der Waals surface area contributed by atoms with Gasteiger partial charge in [0.25, 0.3) is 5.91 Å². The zero-order valence-corrected chi connectivity index (χ0v) is 13.3. The summed E-state index contributed by atoms with van der Waals surface area (Å²) in [5.74, 6) is 0.759. The number of pyridine rings is 1. The molecule has 1 aliphatic heterocycles. The number of hydrogen-bond acceptors (Lipinski definition) is 4. The van der Waals surface area contributed by atoms with E-state index in [0.29, 0.717) is 11.6 Å². The first-order chi connectivity index (χ1) is 10.1. The van der Waals surface area contributed by atoms with Crippen molar-refractivity contribution in [3.8, 4) is 0 Å². The quantitative estimate of drug-likeness (QED) is 0.900. The van der Waals surface area contributed by atoms with E-state index in [0.717, 1.165) is 44.7 Å². The van der Waals surface area contributed by atoms with Crippen molar-refractivity contribution in [1.82, 2.24) is 14.8 Å². The Morgan fingerprint density at radius 2 is 2.10 bits per heavy atom. The number of likely N-dealkylation sites (tertiary alicyclic amines) is 1. The number of nitrogens with one attached hydrogen (secondary N) is 1. The fourth-order valence-corrected chi connectivity index (χ4v) is 2.83. The Morgan fingerprint density at radius 3 is 2.62 bits per heavy atom. The fourth-order valence-electron chi connectivity index (χ4n) is 2.83. The Morgan fingerprint density at radius 1 is 1.38 bits per heavy atom. The van der Waals surface area contributed by atoms with E-state index in [2.05, 4.69) is 29.3 Å². The van der Waals surface area contributed by atoms with Gasteiger partial charge in [-0.25, -0.2) is 4.98 Å². The van der Waals surface area contributed by atoms with Crippen LogP contribution in [0.2, 0.25) is 0 Å². The Labute approximate surface area is 127 Å². The molecule has 0 aliphatic carbocycles. The summed E-state index contributed by atoms with van der Waals surface area (Å²) in [5, 5.41) is 3.19. The van der Waals surface area contributed by atoms with E-state index in [1.54, 1.807) is 6.20 Å². The third-order valence-corrected chi connectivity index (χ3v) is 3.89. The summed E-state index contributed by atoms with van der Waals surface area (Å²) in [6.07, 6.45) is 3.90. The maximum Gasteiger partial charge on any atom is 0.272 e. The molecule has 0 saturated carbocycles. The third kappa shape index (κ3) is 4.43. The predicted octanol–water partition coefficient (Wildman–Crippen LogP) is 1.93. The zero-order valence-electron chi connectivity index (χ0n) is 13.3. The molecule has 1 aromatic heterocycles. The highest BCUT2D eigenvalue weighted by Gasteiger charge is 2.24. The lowest BCUT2D eigenvalue weighted by Crippen LogP contribution is -2.40. The van der Waals surface area contributed by atoms with Crippen LogP contribution in [0.25, 0.3) is 0 Å². The van der Waals surface area contributed by atoms with Gasteiger partial charge in [0.05, 0.1) is 11.9 Å². The molecule has 1 aromatic rings.